The first-order valence-corrected chi connectivity index (χ1v) is 12.0. The number of hydrogen-bond acceptors (Lipinski definition) is 6. The van der Waals surface area contributed by atoms with Gasteiger partial charge in [-0.05, 0) is 36.1 Å². The van der Waals surface area contributed by atoms with Crippen molar-refractivity contribution in [3.63, 3.8) is 0 Å². The minimum absolute atomic E-state index is 0.00809. The van der Waals surface area contributed by atoms with Crippen LogP contribution in [0.5, 0.6) is 5.75 Å². The summed E-state index contributed by atoms with van der Waals surface area (Å²) in [5, 5.41) is 2.56. The van der Waals surface area contributed by atoms with Crippen LogP contribution in [0.3, 0.4) is 0 Å². The van der Waals surface area contributed by atoms with Crippen molar-refractivity contribution in [1.29, 1.82) is 0 Å². The summed E-state index contributed by atoms with van der Waals surface area (Å²) in [6, 6.07) is 5.42. The van der Waals surface area contributed by atoms with E-state index in [0.29, 0.717) is 29.6 Å². The van der Waals surface area contributed by atoms with Gasteiger partial charge in [-0.15, -0.1) is 11.3 Å². The second-order valence-electron chi connectivity index (χ2n) is 8.38. The standard InChI is InChI=1S/C23H27ClN4O3S/c1-15(2)18-12-19(24)16(3)10-20(18)31-14-22(30)27-6-4-26(5-7-27)13-17-11-21(29)28-8-9-32-23(28)25-17/h8-12,15H,4-7,13-14H2,1-3H3. The molecular formula is C23H27ClN4O3S. The quantitative estimate of drug-likeness (QED) is 0.546. The van der Waals surface area contributed by atoms with E-state index >= 15 is 0 Å². The number of thiazole rings is 1. The van der Waals surface area contributed by atoms with Crippen LogP contribution in [-0.2, 0) is 11.3 Å². The molecule has 7 nitrogen and oxygen atoms in total. The highest BCUT2D eigenvalue weighted by Crippen LogP contribution is 2.32. The van der Waals surface area contributed by atoms with Gasteiger partial charge in [0.25, 0.3) is 11.5 Å². The van der Waals surface area contributed by atoms with Crippen molar-refractivity contribution in [2.24, 2.45) is 0 Å². The fourth-order valence-corrected chi connectivity index (χ4v) is 4.74. The highest BCUT2D eigenvalue weighted by Gasteiger charge is 2.23. The van der Waals surface area contributed by atoms with Gasteiger partial charge in [0, 0.05) is 55.4 Å². The molecule has 1 aliphatic rings. The Hall–Kier alpha value is -2.42. The van der Waals surface area contributed by atoms with Gasteiger partial charge in [-0.1, -0.05) is 25.4 Å². The number of aryl methyl sites for hydroxylation is 1. The van der Waals surface area contributed by atoms with Crippen molar-refractivity contribution in [3.05, 3.63) is 62.0 Å². The normalized spacial score (nSPS) is 15.0. The number of rotatable bonds is 6. The Balaban J connectivity index is 1.32. The number of nitrogens with zero attached hydrogens (tertiary/aromatic N) is 4. The van der Waals surface area contributed by atoms with Gasteiger partial charge in [0.2, 0.25) is 0 Å². The van der Waals surface area contributed by atoms with E-state index in [2.05, 4.69) is 23.7 Å². The first kappa shape index (κ1) is 22.8. The largest absolute Gasteiger partial charge is 0.483 e. The summed E-state index contributed by atoms with van der Waals surface area (Å²) in [6.07, 6.45) is 1.74. The minimum atomic E-state index is -0.0598. The molecule has 4 rings (SSSR count). The van der Waals surface area contributed by atoms with E-state index < -0.39 is 0 Å². The minimum Gasteiger partial charge on any atom is -0.483 e. The zero-order valence-corrected chi connectivity index (χ0v) is 20.1. The Bertz CT molecular complexity index is 1180. The first-order chi connectivity index (χ1) is 15.3. The van der Waals surface area contributed by atoms with Crippen molar-refractivity contribution in [2.45, 2.75) is 33.2 Å². The molecule has 1 saturated heterocycles. The lowest BCUT2D eigenvalue weighted by molar-refractivity contribution is -0.135. The average Bonchev–Trinajstić information content (AvgIpc) is 3.23. The van der Waals surface area contributed by atoms with Gasteiger partial charge in [-0.3, -0.25) is 18.9 Å². The molecule has 1 aliphatic heterocycles. The van der Waals surface area contributed by atoms with Crippen LogP contribution in [-0.4, -0.2) is 57.9 Å². The van der Waals surface area contributed by atoms with Crippen LogP contribution in [0, 0.1) is 6.92 Å². The van der Waals surface area contributed by atoms with Crippen LogP contribution in [0.1, 0.15) is 36.6 Å². The highest BCUT2D eigenvalue weighted by atomic mass is 35.5. The molecule has 0 radical (unpaired) electrons. The zero-order valence-electron chi connectivity index (χ0n) is 18.5. The number of halogens is 1. The molecule has 2 aromatic heterocycles. The van der Waals surface area contributed by atoms with Gasteiger partial charge in [0.1, 0.15) is 5.75 Å². The lowest BCUT2D eigenvalue weighted by Crippen LogP contribution is -2.49. The summed E-state index contributed by atoms with van der Waals surface area (Å²) in [6.45, 7) is 9.40. The maximum absolute atomic E-state index is 12.7. The summed E-state index contributed by atoms with van der Waals surface area (Å²) in [7, 11) is 0. The van der Waals surface area contributed by atoms with Crippen LogP contribution in [0.25, 0.3) is 4.96 Å². The molecule has 3 aromatic rings. The monoisotopic (exact) mass is 474 g/mol. The molecule has 0 bridgehead atoms. The Labute approximate surface area is 196 Å². The molecule has 32 heavy (non-hydrogen) atoms. The number of aromatic nitrogens is 2. The lowest BCUT2D eigenvalue weighted by atomic mass is 10.0. The average molecular weight is 475 g/mol. The van der Waals surface area contributed by atoms with Crippen LogP contribution < -0.4 is 10.3 Å². The molecule has 1 amide bonds. The maximum atomic E-state index is 12.7. The topological polar surface area (TPSA) is 67.2 Å². The SMILES string of the molecule is Cc1cc(OCC(=O)N2CCN(Cc3cc(=O)n4ccsc4n3)CC2)c(C(C)C)cc1Cl. The predicted molar refractivity (Wildman–Crippen MR) is 127 cm³/mol. The van der Waals surface area contributed by atoms with Crippen molar-refractivity contribution in [1.82, 2.24) is 19.2 Å². The van der Waals surface area contributed by atoms with Crippen LogP contribution >= 0.6 is 22.9 Å². The second kappa shape index (κ2) is 9.60. The Morgan fingerprint density at radius 2 is 1.97 bits per heavy atom. The molecule has 0 spiro atoms. The molecule has 0 aliphatic carbocycles. The Morgan fingerprint density at radius 1 is 1.22 bits per heavy atom. The third kappa shape index (κ3) is 4.98. The molecule has 9 heteroatoms. The molecule has 1 aromatic carbocycles. The first-order valence-electron chi connectivity index (χ1n) is 10.7. The van der Waals surface area contributed by atoms with Gasteiger partial charge >= 0.3 is 0 Å². The molecule has 0 saturated carbocycles. The Kier molecular flexibility index (Phi) is 6.83. The van der Waals surface area contributed by atoms with Gasteiger partial charge in [0.15, 0.2) is 11.6 Å². The van der Waals surface area contributed by atoms with Gasteiger partial charge < -0.3 is 9.64 Å². The summed E-state index contributed by atoms with van der Waals surface area (Å²) in [4.78, 5) is 34.2. The molecule has 0 N–H and O–H groups in total. The van der Waals surface area contributed by atoms with Crippen molar-refractivity contribution < 1.29 is 9.53 Å². The lowest BCUT2D eigenvalue weighted by Gasteiger charge is -2.34. The number of amides is 1. The third-order valence-corrected chi connectivity index (χ3v) is 6.89. The summed E-state index contributed by atoms with van der Waals surface area (Å²) in [5.41, 5.74) is 2.64. The molecule has 170 valence electrons. The predicted octanol–water partition coefficient (Wildman–Crippen LogP) is 3.56. The molecule has 3 heterocycles. The van der Waals surface area contributed by atoms with E-state index in [4.69, 9.17) is 16.3 Å². The number of benzene rings is 1. The van der Waals surface area contributed by atoms with Crippen LogP contribution in [0.4, 0.5) is 0 Å². The van der Waals surface area contributed by atoms with Crippen LogP contribution in [0.15, 0.2) is 34.6 Å². The van der Waals surface area contributed by atoms with Crippen molar-refractivity contribution >= 4 is 33.8 Å². The Morgan fingerprint density at radius 3 is 2.69 bits per heavy atom. The van der Waals surface area contributed by atoms with E-state index in [1.807, 2.05) is 29.3 Å². The van der Waals surface area contributed by atoms with E-state index in [-0.39, 0.29) is 24.0 Å². The highest BCUT2D eigenvalue weighted by molar-refractivity contribution is 7.15. The van der Waals surface area contributed by atoms with Crippen molar-refractivity contribution in [2.75, 3.05) is 32.8 Å². The summed E-state index contributed by atoms with van der Waals surface area (Å²) in [5.74, 6) is 0.940. The fourth-order valence-electron chi connectivity index (χ4n) is 3.83. The molecular weight excluding hydrogens is 448 g/mol. The van der Waals surface area contributed by atoms with Gasteiger partial charge in [-0.25, -0.2) is 4.98 Å². The number of fused-ring (bicyclic) bond motifs is 1. The number of piperazine rings is 1. The smallest absolute Gasteiger partial charge is 0.260 e. The van der Waals surface area contributed by atoms with Gasteiger partial charge in [-0.2, -0.15) is 0 Å². The number of carbonyl (C=O) groups is 1. The molecule has 1 fully saturated rings. The van der Waals surface area contributed by atoms with E-state index in [0.717, 1.165) is 35.7 Å². The third-order valence-electron chi connectivity index (χ3n) is 5.73. The number of carbonyl (C=O) groups excluding carboxylic acids is 1. The summed E-state index contributed by atoms with van der Waals surface area (Å²) >= 11 is 7.71. The molecule has 0 atom stereocenters. The second-order valence-corrected chi connectivity index (χ2v) is 9.66. The van der Waals surface area contributed by atoms with Crippen LogP contribution in [0.2, 0.25) is 5.02 Å². The number of hydrogen-bond donors (Lipinski definition) is 0. The van der Waals surface area contributed by atoms with E-state index in [1.54, 1.807) is 16.7 Å². The van der Waals surface area contributed by atoms with E-state index in [9.17, 15) is 9.59 Å². The van der Waals surface area contributed by atoms with Crippen molar-refractivity contribution in [3.8, 4) is 5.75 Å². The number of ether oxygens (including phenoxy) is 1. The maximum Gasteiger partial charge on any atom is 0.260 e. The van der Waals surface area contributed by atoms with Gasteiger partial charge in [0.05, 0.1) is 5.69 Å². The molecule has 0 unspecified atom stereocenters. The fraction of sp³-hybridized carbons (Fsp3) is 0.435. The summed E-state index contributed by atoms with van der Waals surface area (Å²) < 4.78 is 7.46. The zero-order chi connectivity index (χ0) is 22.8. The van der Waals surface area contributed by atoms with E-state index in [1.165, 1.54) is 11.3 Å².